The summed E-state index contributed by atoms with van der Waals surface area (Å²) < 4.78 is 38.9. The first-order valence-electron chi connectivity index (χ1n) is 3.88. The largest absolute Gasteiger partial charge is 0.478 e. The van der Waals surface area contributed by atoms with Gasteiger partial charge < -0.3 is 5.11 Å². The average Bonchev–Trinajstić information content (AvgIpc) is 2.12. The molecule has 5 heteroatoms. The first kappa shape index (κ1) is 10.6. The summed E-state index contributed by atoms with van der Waals surface area (Å²) in [6.45, 7) is 1.45. The summed E-state index contributed by atoms with van der Waals surface area (Å²) >= 11 is 0. The molecular formula is C9H7F3O2. The van der Waals surface area contributed by atoms with E-state index in [0.29, 0.717) is 6.07 Å². The minimum atomic E-state index is -1.69. The van der Waals surface area contributed by atoms with E-state index >= 15 is 0 Å². The highest BCUT2D eigenvalue weighted by molar-refractivity contribution is 5.88. The van der Waals surface area contributed by atoms with Gasteiger partial charge in [0.2, 0.25) is 0 Å². The van der Waals surface area contributed by atoms with Gasteiger partial charge in [0.05, 0.1) is 0 Å². The lowest BCUT2D eigenvalue weighted by atomic mass is 10.1. The van der Waals surface area contributed by atoms with Crippen molar-refractivity contribution in [3.63, 3.8) is 0 Å². The molecular weight excluding hydrogens is 197 g/mol. The van der Waals surface area contributed by atoms with Gasteiger partial charge in [-0.1, -0.05) is 6.92 Å². The van der Waals surface area contributed by atoms with Gasteiger partial charge in [0.1, 0.15) is 11.4 Å². The molecule has 1 rings (SSSR count). The topological polar surface area (TPSA) is 37.3 Å². The molecule has 0 aliphatic carbocycles. The van der Waals surface area contributed by atoms with E-state index in [2.05, 4.69) is 0 Å². The molecule has 0 aliphatic rings. The summed E-state index contributed by atoms with van der Waals surface area (Å²) in [5, 5.41) is 8.40. The molecule has 0 unspecified atom stereocenters. The van der Waals surface area contributed by atoms with E-state index in [1.807, 2.05) is 0 Å². The van der Waals surface area contributed by atoms with Crippen molar-refractivity contribution in [2.24, 2.45) is 0 Å². The summed E-state index contributed by atoms with van der Waals surface area (Å²) in [5.41, 5.74) is -1.43. The minimum Gasteiger partial charge on any atom is -0.478 e. The summed E-state index contributed by atoms with van der Waals surface area (Å²) in [7, 11) is 0. The molecule has 2 nitrogen and oxygen atoms in total. The molecule has 0 aliphatic heterocycles. The Labute approximate surface area is 78.0 Å². The molecule has 1 N–H and O–H groups in total. The average molecular weight is 204 g/mol. The van der Waals surface area contributed by atoms with Crippen LogP contribution in [0.4, 0.5) is 13.2 Å². The van der Waals surface area contributed by atoms with Crippen LogP contribution in [0.2, 0.25) is 0 Å². The molecule has 1 aromatic carbocycles. The number of hydrogen-bond acceptors (Lipinski definition) is 1. The van der Waals surface area contributed by atoms with E-state index < -0.39 is 34.5 Å². The molecule has 0 saturated carbocycles. The smallest absolute Gasteiger partial charge is 0.338 e. The van der Waals surface area contributed by atoms with E-state index in [1.54, 1.807) is 0 Å². The first-order chi connectivity index (χ1) is 6.49. The SMILES string of the molecule is CCc1c(F)cc(C(=O)O)c(F)c1F. The number of aromatic carboxylic acids is 1. The van der Waals surface area contributed by atoms with Crippen molar-refractivity contribution in [3.05, 3.63) is 34.6 Å². The van der Waals surface area contributed by atoms with Gasteiger partial charge in [0.25, 0.3) is 0 Å². The van der Waals surface area contributed by atoms with Crippen molar-refractivity contribution < 1.29 is 23.1 Å². The third kappa shape index (κ3) is 1.57. The Morgan fingerprint density at radius 3 is 2.36 bits per heavy atom. The van der Waals surface area contributed by atoms with Gasteiger partial charge in [-0.05, 0) is 12.5 Å². The van der Waals surface area contributed by atoms with Gasteiger partial charge in [0, 0.05) is 5.56 Å². The molecule has 0 saturated heterocycles. The Balaban J connectivity index is 3.47. The maximum Gasteiger partial charge on any atom is 0.338 e. The number of rotatable bonds is 2. The highest BCUT2D eigenvalue weighted by atomic mass is 19.2. The predicted molar refractivity (Wildman–Crippen MR) is 42.7 cm³/mol. The fourth-order valence-corrected chi connectivity index (χ4v) is 1.11. The summed E-state index contributed by atoms with van der Waals surface area (Å²) in [4.78, 5) is 10.4. The monoisotopic (exact) mass is 204 g/mol. The molecule has 14 heavy (non-hydrogen) atoms. The van der Waals surface area contributed by atoms with Crippen LogP contribution in [0.15, 0.2) is 6.07 Å². The van der Waals surface area contributed by atoms with Crippen LogP contribution in [0.1, 0.15) is 22.8 Å². The van der Waals surface area contributed by atoms with Crippen molar-refractivity contribution >= 4 is 5.97 Å². The Kier molecular flexibility index (Phi) is 2.78. The number of carbonyl (C=O) groups is 1. The summed E-state index contributed by atoms with van der Waals surface area (Å²) in [6.07, 6.45) is -0.0332. The molecule has 0 bridgehead atoms. The van der Waals surface area contributed by atoms with Crippen molar-refractivity contribution in [2.45, 2.75) is 13.3 Å². The second kappa shape index (κ2) is 3.69. The van der Waals surface area contributed by atoms with Crippen LogP contribution in [-0.4, -0.2) is 11.1 Å². The minimum absolute atomic E-state index is 0.0332. The normalized spacial score (nSPS) is 10.3. The molecule has 0 amide bonds. The van der Waals surface area contributed by atoms with Crippen molar-refractivity contribution in [1.82, 2.24) is 0 Å². The van der Waals surface area contributed by atoms with Crippen molar-refractivity contribution in [3.8, 4) is 0 Å². The van der Waals surface area contributed by atoms with E-state index in [4.69, 9.17) is 5.11 Å². The predicted octanol–water partition coefficient (Wildman–Crippen LogP) is 2.36. The Bertz CT molecular complexity index is 388. The lowest BCUT2D eigenvalue weighted by Crippen LogP contribution is -2.07. The van der Waals surface area contributed by atoms with Gasteiger partial charge >= 0.3 is 5.97 Å². The standard InChI is InChI=1S/C9H7F3O2/c1-2-4-6(10)3-5(9(13)14)8(12)7(4)11/h3H,2H2,1H3,(H,13,14). The van der Waals surface area contributed by atoms with Crippen LogP contribution in [-0.2, 0) is 6.42 Å². The zero-order valence-electron chi connectivity index (χ0n) is 7.27. The van der Waals surface area contributed by atoms with E-state index in [0.717, 1.165) is 0 Å². The molecule has 1 aromatic rings. The fourth-order valence-electron chi connectivity index (χ4n) is 1.11. The fraction of sp³-hybridized carbons (Fsp3) is 0.222. The van der Waals surface area contributed by atoms with Crippen LogP contribution >= 0.6 is 0 Å². The first-order valence-corrected chi connectivity index (χ1v) is 3.88. The second-order valence-electron chi connectivity index (χ2n) is 2.67. The number of halogens is 3. The molecule has 0 radical (unpaired) electrons. The highest BCUT2D eigenvalue weighted by Gasteiger charge is 2.21. The molecule has 0 aromatic heterocycles. The molecule has 0 fully saturated rings. The molecule has 0 atom stereocenters. The number of benzene rings is 1. The van der Waals surface area contributed by atoms with E-state index in [9.17, 15) is 18.0 Å². The third-order valence-electron chi connectivity index (χ3n) is 1.84. The van der Waals surface area contributed by atoms with Gasteiger partial charge in [-0.25, -0.2) is 18.0 Å². The third-order valence-corrected chi connectivity index (χ3v) is 1.84. The zero-order chi connectivity index (χ0) is 10.9. The lowest BCUT2D eigenvalue weighted by molar-refractivity contribution is 0.0690. The number of carboxylic acids is 1. The molecule has 0 spiro atoms. The quantitative estimate of drug-likeness (QED) is 0.751. The maximum absolute atomic E-state index is 13.0. The summed E-state index contributed by atoms with van der Waals surface area (Å²) in [6, 6.07) is 0.486. The van der Waals surface area contributed by atoms with Gasteiger partial charge in [-0.15, -0.1) is 0 Å². The van der Waals surface area contributed by atoms with Gasteiger partial charge in [-0.3, -0.25) is 0 Å². The van der Waals surface area contributed by atoms with Crippen LogP contribution in [0.5, 0.6) is 0 Å². The van der Waals surface area contributed by atoms with E-state index in [-0.39, 0.29) is 6.42 Å². The Hall–Kier alpha value is -1.52. The van der Waals surface area contributed by atoms with Crippen LogP contribution < -0.4 is 0 Å². The lowest BCUT2D eigenvalue weighted by Gasteiger charge is -2.05. The number of carboxylic acid groups (broad SMARTS) is 1. The zero-order valence-corrected chi connectivity index (χ0v) is 7.27. The number of hydrogen-bond donors (Lipinski definition) is 1. The van der Waals surface area contributed by atoms with Crippen LogP contribution in [0.3, 0.4) is 0 Å². The molecule has 0 heterocycles. The van der Waals surface area contributed by atoms with Gasteiger partial charge in [0.15, 0.2) is 11.6 Å². The van der Waals surface area contributed by atoms with Crippen LogP contribution in [0, 0.1) is 17.5 Å². The Morgan fingerprint density at radius 1 is 1.36 bits per heavy atom. The highest BCUT2D eigenvalue weighted by Crippen LogP contribution is 2.20. The maximum atomic E-state index is 13.0. The van der Waals surface area contributed by atoms with Crippen molar-refractivity contribution in [2.75, 3.05) is 0 Å². The second-order valence-corrected chi connectivity index (χ2v) is 2.67. The van der Waals surface area contributed by atoms with Gasteiger partial charge in [-0.2, -0.15) is 0 Å². The molecule has 76 valence electrons. The van der Waals surface area contributed by atoms with Crippen LogP contribution in [0.25, 0.3) is 0 Å². The van der Waals surface area contributed by atoms with E-state index in [1.165, 1.54) is 6.92 Å². The van der Waals surface area contributed by atoms with Crippen molar-refractivity contribution in [1.29, 1.82) is 0 Å². The summed E-state index contributed by atoms with van der Waals surface area (Å²) in [5.74, 6) is -5.67. The Morgan fingerprint density at radius 2 is 1.93 bits per heavy atom.